The zero-order valence-electron chi connectivity index (χ0n) is 12.7. The van der Waals surface area contributed by atoms with Crippen LogP contribution in [0.25, 0.3) is 0 Å². The molecule has 1 N–H and O–H groups in total. The number of nitrogens with zero attached hydrogens (tertiary/aromatic N) is 1. The van der Waals surface area contributed by atoms with E-state index in [-0.39, 0.29) is 0 Å². The summed E-state index contributed by atoms with van der Waals surface area (Å²) >= 11 is 5.22. The number of benzene rings is 1. The van der Waals surface area contributed by atoms with E-state index in [2.05, 4.69) is 57.6 Å². The number of hydrogen-bond donors (Lipinski definition) is 1. The number of ether oxygens (including phenoxy) is 1. The van der Waals surface area contributed by atoms with E-state index in [1.807, 2.05) is 6.92 Å². The summed E-state index contributed by atoms with van der Waals surface area (Å²) in [5.74, 6) is 0.965. The van der Waals surface area contributed by atoms with Crippen LogP contribution in [0.1, 0.15) is 35.2 Å². The number of aromatic nitrogens is 1. The van der Waals surface area contributed by atoms with Crippen molar-refractivity contribution in [3.05, 3.63) is 43.8 Å². The topological polar surface area (TPSA) is 34.1 Å². The second-order valence-electron chi connectivity index (χ2n) is 5.03. The predicted octanol–water partition coefficient (Wildman–Crippen LogP) is 4.60. The Bertz CT molecular complexity index is 598. The fraction of sp³-hybridized carbons (Fsp3) is 0.438. The number of halogens is 1. The van der Waals surface area contributed by atoms with E-state index < -0.39 is 0 Å². The summed E-state index contributed by atoms with van der Waals surface area (Å²) in [6.45, 7) is 8.61. The van der Waals surface area contributed by atoms with E-state index in [1.54, 1.807) is 11.3 Å². The molecule has 1 heterocycles. The summed E-state index contributed by atoms with van der Waals surface area (Å²) in [6.07, 6.45) is 1.13. The van der Waals surface area contributed by atoms with Crippen LogP contribution in [0.4, 0.5) is 0 Å². The van der Waals surface area contributed by atoms with Crippen LogP contribution in [0.5, 0.6) is 5.75 Å². The van der Waals surface area contributed by atoms with Crippen molar-refractivity contribution in [3.63, 3.8) is 0 Å². The van der Waals surface area contributed by atoms with Crippen molar-refractivity contribution in [2.45, 2.75) is 40.3 Å². The van der Waals surface area contributed by atoms with E-state index >= 15 is 0 Å². The Labute approximate surface area is 138 Å². The van der Waals surface area contributed by atoms with Gasteiger partial charge in [-0.3, -0.25) is 0 Å². The highest BCUT2D eigenvalue weighted by molar-refractivity contribution is 9.10. The minimum Gasteiger partial charge on any atom is -0.487 e. The number of nitrogens with one attached hydrogen (secondary N) is 1. The molecule has 1 aromatic heterocycles. The average Bonchev–Trinajstić information content (AvgIpc) is 2.83. The number of thiazole rings is 1. The molecule has 0 unspecified atom stereocenters. The standard InChI is InChI=1S/C16H21BrN2OS/c1-4-5-18-8-13-7-14(17)6-11(2)16(13)20-9-15-10-21-12(3)19-15/h6-7,10,18H,4-5,8-9H2,1-3H3. The maximum atomic E-state index is 6.04. The van der Waals surface area contributed by atoms with Gasteiger partial charge in [0.25, 0.3) is 0 Å². The van der Waals surface area contributed by atoms with Crippen LogP contribution in [-0.4, -0.2) is 11.5 Å². The van der Waals surface area contributed by atoms with Gasteiger partial charge in [0.1, 0.15) is 12.4 Å². The Morgan fingerprint density at radius 2 is 2.14 bits per heavy atom. The van der Waals surface area contributed by atoms with Crippen LogP contribution in [0.2, 0.25) is 0 Å². The van der Waals surface area contributed by atoms with Gasteiger partial charge in [0.15, 0.2) is 0 Å². The lowest BCUT2D eigenvalue weighted by Crippen LogP contribution is -2.15. The predicted molar refractivity (Wildman–Crippen MR) is 92.1 cm³/mol. The molecule has 2 aromatic rings. The van der Waals surface area contributed by atoms with Crippen molar-refractivity contribution in [2.75, 3.05) is 6.54 Å². The third-order valence-corrected chi connectivity index (χ3v) is 4.37. The Morgan fingerprint density at radius 1 is 1.33 bits per heavy atom. The lowest BCUT2D eigenvalue weighted by atomic mass is 10.1. The van der Waals surface area contributed by atoms with Crippen molar-refractivity contribution in [1.29, 1.82) is 0 Å². The molecule has 0 fully saturated rings. The van der Waals surface area contributed by atoms with E-state index in [0.717, 1.165) is 46.0 Å². The fourth-order valence-electron chi connectivity index (χ4n) is 2.16. The Hall–Kier alpha value is -0.910. The second kappa shape index (κ2) is 7.92. The van der Waals surface area contributed by atoms with Crippen molar-refractivity contribution < 1.29 is 4.74 Å². The van der Waals surface area contributed by atoms with Gasteiger partial charge in [0.2, 0.25) is 0 Å². The molecular weight excluding hydrogens is 348 g/mol. The first kappa shape index (κ1) is 16.5. The van der Waals surface area contributed by atoms with E-state index in [0.29, 0.717) is 6.61 Å². The van der Waals surface area contributed by atoms with Gasteiger partial charge in [0.05, 0.1) is 10.7 Å². The second-order valence-corrected chi connectivity index (χ2v) is 7.01. The molecule has 5 heteroatoms. The molecule has 3 nitrogen and oxygen atoms in total. The van der Waals surface area contributed by atoms with Gasteiger partial charge >= 0.3 is 0 Å². The van der Waals surface area contributed by atoms with Crippen LogP contribution < -0.4 is 10.1 Å². The molecule has 0 aliphatic carbocycles. The summed E-state index contributed by atoms with van der Waals surface area (Å²) in [5.41, 5.74) is 3.32. The Morgan fingerprint density at radius 3 is 2.81 bits per heavy atom. The van der Waals surface area contributed by atoms with Crippen LogP contribution >= 0.6 is 27.3 Å². The average molecular weight is 369 g/mol. The lowest BCUT2D eigenvalue weighted by Gasteiger charge is -2.15. The summed E-state index contributed by atoms with van der Waals surface area (Å²) in [5, 5.41) is 6.56. The summed E-state index contributed by atoms with van der Waals surface area (Å²) in [7, 11) is 0. The maximum absolute atomic E-state index is 6.04. The molecule has 0 aliphatic heterocycles. The van der Waals surface area contributed by atoms with Crippen LogP contribution in [-0.2, 0) is 13.2 Å². The SMILES string of the molecule is CCCNCc1cc(Br)cc(C)c1OCc1csc(C)n1. The first-order chi connectivity index (χ1) is 10.1. The van der Waals surface area contributed by atoms with E-state index in [4.69, 9.17) is 4.74 Å². The molecule has 0 aliphatic rings. The van der Waals surface area contributed by atoms with Gasteiger partial charge in [-0.15, -0.1) is 11.3 Å². The van der Waals surface area contributed by atoms with E-state index in [9.17, 15) is 0 Å². The molecule has 1 aromatic carbocycles. The van der Waals surface area contributed by atoms with Gasteiger partial charge in [-0.25, -0.2) is 4.98 Å². The first-order valence-corrected chi connectivity index (χ1v) is 8.81. The number of hydrogen-bond acceptors (Lipinski definition) is 4. The third kappa shape index (κ3) is 4.80. The molecule has 0 saturated heterocycles. The van der Waals surface area contributed by atoms with Gasteiger partial charge in [0, 0.05) is 22.0 Å². The zero-order chi connectivity index (χ0) is 15.2. The number of aryl methyl sites for hydroxylation is 2. The Balaban J connectivity index is 2.12. The van der Waals surface area contributed by atoms with Gasteiger partial charge in [-0.1, -0.05) is 22.9 Å². The molecule has 0 bridgehead atoms. The monoisotopic (exact) mass is 368 g/mol. The highest BCUT2D eigenvalue weighted by atomic mass is 79.9. The quantitative estimate of drug-likeness (QED) is 0.725. The minimum absolute atomic E-state index is 0.521. The Kier molecular flexibility index (Phi) is 6.21. The van der Waals surface area contributed by atoms with E-state index in [1.165, 1.54) is 5.56 Å². The zero-order valence-corrected chi connectivity index (χ0v) is 15.1. The largest absolute Gasteiger partial charge is 0.487 e. The molecule has 114 valence electrons. The van der Waals surface area contributed by atoms with Gasteiger partial charge in [-0.05, 0) is 44.5 Å². The minimum atomic E-state index is 0.521. The normalized spacial score (nSPS) is 10.9. The molecule has 0 atom stereocenters. The lowest BCUT2D eigenvalue weighted by molar-refractivity contribution is 0.296. The molecule has 0 saturated carbocycles. The summed E-state index contributed by atoms with van der Waals surface area (Å²) in [6, 6.07) is 4.21. The molecule has 21 heavy (non-hydrogen) atoms. The smallest absolute Gasteiger partial charge is 0.131 e. The molecule has 0 spiro atoms. The van der Waals surface area contributed by atoms with Crippen molar-refractivity contribution in [2.24, 2.45) is 0 Å². The molecule has 0 radical (unpaired) electrons. The fourth-order valence-corrected chi connectivity index (χ4v) is 3.37. The van der Waals surface area contributed by atoms with Crippen LogP contribution in [0.3, 0.4) is 0 Å². The first-order valence-electron chi connectivity index (χ1n) is 7.13. The van der Waals surface area contributed by atoms with Crippen LogP contribution in [0.15, 0.2) is 22.0 Å². The van der Waals surface area contributed by atoms with Gasteiger partial charge in [-0.2, -0.15) is 0 Å². The summed E-state index contributed by atoms with van der Waals surface area (Å²) < 4.78 is 7.12. The maximum Gasteiger partial charge on any atom is 0.131 e. The van der Waals surface area contributed by atoms with Crippen molar-refractivity contribution in [1.82, 2.24) is 10.3 Å². The number of rotatable bonds is 7. The van der Waals surface area contributed by atoms with Crippen molar-refractivity contribution in [3.8, 4) is 5.75 Å². The highest BCUT2D eigenvalue weighted by Gasteiger charge is 2.10. The van der Waals surface area contributed by atoms with Crippen LogP contribution in [0, 0.1) is 13.8 Å². The third-order valence-electron chi connectivity index (χ3n) is 3.09. The highest BCUT2D eigenvalue weighted by Crippen LogP contribution is 2.29. The van der Waals surface area contributed by atoms with Gasteiger partial charge < -0.3 is 10.1 Å². The molecule has 2 rings (SSSR count). The molecule has 0 amide bonds. The summed E-state index contributed by atoms with van der Waals surface area (Å²) in [4.78, 5) is 4.45. The molecular formula is C16H21BrN2OS. The van der Waals surface area contributed by atoms with Crippen molar-refractivity contribution >= 4 is 27.3 Å².